The molecule has 2 amide bonds. The average Bonchev–Trinajstić information content (AvgIpc) is 2.96. The summed E-state index contributed by atoms with van der Waals surface area (Å²) in [5.41, 5.74) is 0.133. The molecular formula is C20H15Br2N3O2. The van der Waals surface area contributed by atoms with Gasteiger partial charge in [0.2, 0.25) is 5.72 Å². The molecule has 1 aliphatic heterocycles. The van der Waals surface area contributed by atoms with Gasteiger partial charge in [-0.25, -0.2) is 4.79 Å². The van der Waals surface area contributed by atoms with Crippen LogP contribution < -0.4 is 9.80 Å². The summed E-state index contributed by atoms with van der Waals surface area (Å²) < 4.78 is 1.81. The van der Waals surface area contributed by atoms with Crippen molar-refractivity contribution in [1.29, 1.82) is 0 Å². The molecule has 4 rings (SSSR count). The molecule has 27 heavy (non-hydrogen) atoms. The number of aromatic nitrogens is 1. The van der Waals surface area contributed by atoms with Crippen LogP contribution in [-0.4, -0.2) is 22.7 Å². The maximum absolute atomic E-state index is 13.3. The summed E-state index contributed by atoms with van der Waals surface area (Å²) in [6.45, 7) is 0.0700. The molecule has 0 saturated carbocycles. The zero-order valence-corrected chi connectivity index (χ0v) is 17.3. The summed E-state index contributed by atoms with van der Waals surface area (Å²) in [5.74, 6) is 0. The fourth-order valence-corrected chi connectivity index (χ4v) is 3.70. The van der Waals surface area contributed by atoms with Gasteiger partial charge in [-0.1, -0.05) is 37.9 Å². The van der Waals surface area contributed by atoms with Crippen molar-refractivity contribution >= 4 is 49.3 Å². The molecule has 0 aliphatic carbocycles. The lowest BCUT2D eigenvalue weighted by Gasteiger charge is -2.31. The molecule has 5 nitrogen and oxygen atoms in total. The summed E-state index contributed by atoms with van der Waals surface area (Å²) in [5, 5.41) is 11.6. The third kappa shape index (κ3) is 3.26. The second-order valence-corrected chi connectivity index (χ2v) is 8.02. The third-order valence-electron chi connectivity index (χ3n) is 4.47. The maximum Gasteiger partial charge on any atom is 0.331 e. The molecule has 1 unspecified atom stereocenters. The lowest BCUT2D eigenvalue weighted by molar-refractivity contribution is 0.0610. The predicted octanol–water partition coefficient (Wildman–Crippen LogP) is 4.90. The fourth-order valence-electron chi connectivity index (χ4n) is 3.17. The van der Waals surface area contributed by atoms with E-state index in [1.165, 1.54) is 4.90 Å². The van der Waals surface area contributed by atoms with Gasteiger partial charge in [-0.15, -0.1) is 0 Å². The number of urea groups is 1. The summed E-state index contributed by atoms with van der Waals surface area (Å²) in [6, 6.07) is 19.7. The van der Waals surface area contributed by atoms with Crippen molar-refractivity contribution < 1.29 is 9.90 Å². The predicted molar refractivity (Wildman–Crippen MR) is 112 cm³/mol. The Labute approximate surface area is 173 Å². The Bertz CT molecular complexity index is 965. The number of hydrogen-bond donors (Lipinski definition) is 1. The van der Waals surface area contributed by atoms with E-state index in [9.17, 15) is 9.90 Å². The van der Waals surface area contributed by atoms with Crippen LogP contribution in [-0.2, 0) is 5.72 Å². The molecule has 2 aromatic carbocycles. The van der Waals surface area contributed by atoms with E-state index in [0.29, 0.717) is 17.1 Å². The van der Waals surface area contributed by atoms with E-state index < -0.39 is 5.72 Å². The average molecular weight is 489 g/mol. The molecule has 3 aromatic rings. The number of β-amino-alcohol motifs (C(OH)–C–C–N with tert-alkyl or cyclic N) is 1. The first-order valence-corrected chi connectivity index (χ1v) is 9.84. The molecule has 2 heterocycles. The quantitative estimate of drug-likeness (QED) is 0.570. The number of carbonyl (C=O) groups excluding carboxylic acids is 1. The highest BCUT2D eigenvalue weighted by Gasteiger charge is 2.52. The number of benzene rings is 2. The monoisotopic (exact) mass is 487 g/mol. The van der Waals surface area contributed by atoms with Gasteiger partial charge in [-0.3, -0.25) is 14.8 Å². The molecule has 1 aliphatic rings. The van der Waals surface area contributed by atoms with E-state index in [-0.39, 0.29) is 12.6 Å². The lowest BCUT2D eigenvalue weighted by Crippen LogP contribution is -2.45. The van der Waals surface area contributed by atoms with Gasteiger partial charge in [-0.05, 0) is 60.7 Å². The zero-order valence-electron chi connectivity index (χ0n) is 14.1. The van der Waals surface area contributed by atoms with Gasteiger partial charge in [0.15, 0.2) is 0 Å². The molecule has 1 N–H and O–H groups in total. The molecular weight excluding hydrogens is 474 g/mol. The van der Waals surface area contributed by atoms with Crippen LogP contribution in [0.25, 0.3) is 0 Å². The summed E-state index contributed by atoms with van der Waals surface area (Å²) in [6.07, 6.45) is 1.61. The minimum Gasteiger partial charge on any atom is -0.364 e. The highest BCUT2D eigenvalue weighted by molar-refractivity contribution is 9.10. The molecule has 1 saturated heterocycles. The van der Waals surface area contributed by atoms with E-state index in [1.54, 1.807) is 41.4 Å². The highest BCUT2D eigenvalue weighted by Crippen LogP contribution is 2.39. The van der Waals surface area contributed by atoms with E-state index >= 15 is 0 Å². The van der Waals surface area contributed by atoms with Crippen LogP contribution in [0.3, 0.4) is 0 Å². The molecule has 136 valence electrons. The van der Waals surface area contributed by atoms with Crippen LogP contribution in [0.2, 0.25) is 0 Å². The number of halogens is 2. The number of nitrogens with zero attached hydrogens (tertiary/aromatic N) is 3. The molecule has 7 heteroatoms. The highest BCUT2D eigenvalue weighted by atomic mass is 79.9. The second-order valence-electron chi connectivity index (χ2n) is 6.19. The molecule has 0 bridgehead atoms. The van der Waals surface area contributed by atoms with Crippen molar-refractivity contribution in [2.45, 2.75) is 5.72 Å². The Morgan fingerprint density at radius 3 is 2.04 bits per heavy atom. The van der Waals surface area contributed by atoms with Crippen molar-refractivity contribution in [3.05, 3.63) is 87.6 Å². The van der Waals surface area contributed by atoms with Crippen molar-refractivity contribution in [3.63, 3.8) is 0 Å². The van der Waals surface area contributed by atoms with Gasteiger partial charge in [0.05, 0.1) is 12.2 Å². The van der Waals surface area contributed by atoms with Crippen LogP contribution >= 0.6 is 31.9 Å². The minimum atomic E-state index is -1.58. The maximum atomic E-state index is 13.3. The number of amides is 2. The summed E-state index contributed by atoms with van der Waals surface area (Å²) in [4.78, 5) is 20.6. The summed E-state index contributed by atoms with van der Waals surface area (Å²) in [7, 11) is 0. The van der Waals surface area contributed by atoms with Crippen molar-refractivity contribution in [2.75, 3.05) is 16.3 Å². The number of pyridine rings is 1. The Morgan fingerprint density at radius 2 is 1.48 bits per heavy atom. The number of aliphatic hydroxyl groups is 1. The smallest absolute Gasteiger partial charge is 0.331 e. The first-order valence-electron chi connectivity index (χ1n) is 8.26. The Morgan fingerprint density at radius 1 is 0.889 bits per heavy atom. The van der Waals surface area contributed by atoms with Crippen molar-refractivity contribution in [3.8, 4) is 0 Å². The van der Waals surface area contributed by atoms with Crippen LogP contribution in [0, 0.1) is 0 Å². The third-order valence-corrected chi connectivity index (χ3v) is 5.53. The van der Waals surface area contributed by atoms with E-state index in [0.717, 1.165) is 8.95 Å². The molecule has 1 aromatic heterocycles. The number of hydrogen-bond acceptors (Lipinski definition) is 3. The Hall–Kier alpha value is -2.22. The van der Waals surface area contributed by atoms with Crippen molar-refractivity contribution in [2.24, 2.45) is 0 Å². The van der Waals surface area contributed by atoms with E-state index in [1.807, 2.05) is 36.4 Å². The zero-order chi connectivity index (χ0) is 19.0. The van der Waals surface area contributed by atoms with Gasteiger partial charge in [0.25, 0.3) is 0 Å². The van der Waals surface area contributed by atoms with Crippen molar-refractivity contribution in [1.82, 2.24) is 4.98 Å². The number of anilines is 2. The Balaban J connectivity index is 1.83. The van der Waals surface area contributed by atoms with E-state index in [2.05, 4.69) is 36.8 Å². The van der Waals surface area contributed by atoms with Gasteiger partial charge in [0, 0.05) is 26.5 Å². The Kier molecular flexibility index (Phi) is 4.75. The summed E-state index contributed by atoms with van der Waals surface area (Å²) >= 11 is 6.81. The standard InChI is InChI=1S/C20H15Br2N3O2/c21-14-4-8-16(9-5-14)24-13-20(27,18-3-1-2-12-23-18)25(19(24)26)17-10-6-15(22)7-11-17/h1-12,27H,13H2. The minimum absolute atomic E-state index is 0.0700. The van der Waals surface area contributed by atoms with Gasteiger partial charge < -0.3 is 5.11 Å². The SMILES string of the molecule is O=C1N(c2ccc(Br)cc2)CC(O)(c2ccccn2)N1c1ccc(Br)cc1. The van der Waals surface area contributed by atoms with Gasteiger partial charge in [-0.2, -0.15) is 0 Å². The van der Waals surface area contributed by atoms with Gasteiger partial charge >= 0.3 is 6.03 Å². The normalized spacial score (nSPS) is 19.6. The largest absolute Gasteiger partial charge is 0.364 e. The van der Waals surface area contributed by atoms with E-state index in [4.69, 9.17) is 0 Å². The van der Waals surface area contributed by atoms with Crippen LogP contribution in [0.5, 0.6) is 0 Å². The fraction of sp³-hybridized carbons (Fsp3) is 0.100. The molecule has 0 radical (unpaired) electrons. The van der Waals surface area contributed by atoms with Crippen LogP contribution in [0.4, 0.5) is 16.2 Å². The lowest BCUT2D eigenvalue weighted by atomic mass is 10.1. The van der Waals surface area contributed by atoms with Crippen LogP contribution in [0.15, 0.2) is 81.9 Å². The topological polar surface area (TPSA) is 56.7 Å². The first kappa shape index (κ1) is 18.2. The van der Waals surface area contributed by atoms with Crippen LogP contribution in [0.1, 0.15) is 5.69 Å². The molecule has 0 spiro atoms. The first-order chi connectivity index (χ1) is 13.0. The molecule has 1 fully saturated rings. The number of carbonyl (C=O) groups is 1. The number of rotatable bonds is 3. The van der Waals surface area contributed by atoms with Gasteiger partial charge in [0.1, 0.15) is 0 Å². The molecule has 1 atom stereocenters. The second kappa shape index (κ2) is 7.07.